The molecular weight excluding hydrogens is 192 g/mol. The zero-order valence-corrected chi connectivity index (χ0v) is 9.51. The van der Waals surface area contributed by atoms with Gasteiger partial charge in [0.05, 0.1) is 5.92 Å². The Morgan fingerprint density at radius 2 is 2.20 bits per heavy atom. The first-order valence-electron chi connectivity index (χ1n) is 5.74. The van der Waals surface area contributed by atoms with Crippen LogP contribution in [0.2, 0.25) is 0 Å². The van der Waals surface area contributed by atoms with Crippen molar-refractivity contribution in [3.05, 3.63) is 0 Å². The van der Waals surface area contributed by atoms with Gasteiger partial charge in [-0.1, -0.05) is 13.8 Å². The van der Waals surface area contributed by atoms with Crippen LogP contribution in [-0.4, -0.2) is 24.4 Å². The minimum Gasteiger partial charge on any atom is -0.355 e. The number of piperidine rings is 1. The molecule has 1 unspecified atom stereocenters. The van der Waals surface area contributed by atoms with E-state index in [4.69, 9.17) is 0 Å². The fraction of sp³-hybridized carbons (Fsp3) is 0.818. The number of hydrogen-bond donors (Lipinski definition) is 2. The van der Waals surface area contributed by atoms with Gasteiger partial charge in [-0.25, -0.2) is 0 Å². The fourth-order valence-electron chi connectivity index (χ4n) is 1.77. The van der Waals surface area contributed by atoms with Crippen LogP contribution >= 0.6 is 0 Å². The summed E-state index contributed by atoms with van der Waals surface area (Å²) in [6.45, 7) is 4.62. The molecule has 2 N–H and O–H groups in total. The lowest BCUT2D eigenvalue weighted by molar-refractivity contribution is -0.129. The van der Waals surface area contributed by atoms with E-state index in [1.54, 1.807) is 0 Å². The van der Waals surface area contributed by atoms with Crippen LogP contribution in [0.15, 0.2) is 0 Å². The molecule has 1 rings (SSSR count). The molecule has 4 nitrogen and oxygen atoms in total. The van der Waals surface area contributed by atoms with Crippen LogP contribution in [0.3, 0.4) is 0 Å². The second kappa shape index (κ2) is 5.73. The molecule has 0 aromatic carbocycles. The predicted molar refractivity (Wildman–Crippen MR) is 58.2 cm³/mol. The Kier molecular flexibility index (Phi) is 4.59. The minimum absolute atomic E-state index is 0.0386. The first-order valence-corrected chi connectivity index (χ1v) is 5.74. The monoisotopic (exact) mass is 212 g/mol. The third kappa shape index (κ3) is 3.53. The zero-order chi connectivity index (χ0) is 11.3. The van der Waals surface area contributed by atoms with Gasteiger partial charge in [0.1, 0.15) is 0 Å². The molecule has 1 saturated heterocycles. The van der Waals surface area contributed by atoms with E-state index in [0.29, 0.717) is 19.4 Å². The van der Waals surface area contributed by atoms with Crippen LogP contribution in [0, 0.1) is 5.92 Å². The summed E-state index contributed by atoms with van der Waals surface area (Å²) in [5.41, 5.74) is 0. The van der Waals surface area contributed by atoms with E-state index >= 15 is 0 Å². The molecule has 1 aliphatic rings. The van der Waals surface area contributed by atoms with E-state index in [2.05, 4.69) is 24.5 Å². The molecule has 86 valence electrons. The van der Waals surface area contributed by atoms with Crippen LogP contribution in [0.5, 0.6) is 0 Å². The molecule has 0 aliphatic carbocycles. The quantitative estimate of drug-likeness (QED) is 0.724. The molecule has 0 spiro atoms. The molecule has 1 aliphatic heterocycles. The van der Waals surface area contributed by atoms with Crippen LogP contribution in [-0.2, 0) is 9.59 Å². The van der Waals surface area contributed by atoms with E-state index in [9.17, 15) is 9.59 Å². The standard InChI is InChI=1S/C11H20N2O2/c1-3-9(4-2)13-11(15)8-5-6-10(14)12-7-8/h8-9H,3-7H2,1-2H3,(H,12,14)(H,13,15). The highest BCUT2D eigenvalue weighted by atomic mass is 16.2. The Morgan fingerprint density at radius 3 is 2.67 bits per heavy atom. The SMILES string of the molecule is CCC(CC)NC(=O)C1CCC(=O)NC1. The highest BCUT2D eigenvalue weighted by Gasteiger charge is 2.25. The smallest absolute Gasteiger partial charge is 0.225 e. The van der Waals surface area contributed by atoms with Gasteiger partial charge in [-0.3, -0.25) is 9.59 Å². The van der Waals surface area contributed by atoms with Gasteiger partial charge in [0.15, 0.2) is 0 Å². The van der Waals surface area contributed by atoms with Crippen LogP contribution in [0.1, 0.15) is 39.5 Å². The van der Waals surface area contributed by atoms with Gasteiger partial charge < -0.3 is 10.6 Å². The third-order valence-electron chi connectivity index (χ3n) is 2.97. The van der Waals surface area contributed by atoms with Gasteiger partial charge in [0.2, 0.25) is 11.8 Å². The van der Waals surface area contributed by atoms with E-state index in [1.165, 1.54) is 0 Å². The maximum Gasteiger partial charge on any atom is 0.225 e. The lowest BCUT2D eigenvalue weighted by atomic mass is 9.97. The molecule has 2 amide bonds. The number of carbonyl (C=O) groups excluding carboxylic acids is 2. The second-order valence-electron chi connectivity index (χ2n) is 4.06. The third-order valence-corrected chi connectivity index (χ3v) is 2.97. The maximum absolute atomic E-state index is 11.8. The van der Waals surface area contributed by atoms with Crippen molar-refractivity contribution in [3.63, 3.8) is 0 Å². The summed E-state index contributed by atoms with van der Waals surface area (Å²) in [5.74, 6) is 0.105. The molecule has 4 heteroatoms. The lowest BCUT2D eigenvalue weighted by Crippen LogP contribution is -2.45. The van der Waals surface area contributed by atoms with Crippen molar-refractivity contribution in [3.8, 4) is 0 Å². The van der Waals surface area contributed by atoms with E-state index in [-0.39, 0.29) is 23.8 Å². The van der Waals surface area contributed by atoms with Crippen molar-refractivity contribution in [2.24, 2.45) is 5.92 Å². The number of rotatable bonds is 4. The number of carbonyl (C=O) groups is 2. The Balaban J connectivity index is 2.36. The highest BCUT2D eigenvalue weighted by molar-refractivity contribution is 5.83. The van der Waals surface area contributed by atoms with Gasteiger partial charge in [0.25, 0.3) is 0 Å². The van der Waals surface area contributed by atoms with Gasteiger partial charge in [-0.2, -0.15) is 0 Å². The highest BCUT2D eigenvalue weighted by Crippen LogP contribution is 2.11. The van der Waals surface area contributed by atoms with Crippen molar-refractivity contribution in [1.29, 1.82) is 0 Å². The van der Waals surface area contributed by atoms with Crippen molar-refractivity contribution in [1.82, 2.24) is 10.6 Å². The molecule has 1 fully saturated rings. The zero-order valence-electron chi connectivity index (χ0n) is 9.51. The first kappa shape index (κ1) is 12.0. The number of nitrogens with one attached hydrogen (secondary N) is 2. The molecule has 0 aromatic heterocycles. The molecule has 0 radical (unpaired) electrons. The van der Waals surface area contributed by atoms with Crippen LogP contribution in [0.4, 0.5) is 0 Å². The minimum atomic E-state index is -0.0386. The molecule has 0 saturated carbocycles. The number of hydrogen-bond acceptors (Lipinski definition) is 2. The summed E-state index contributed by atoms with van der Waals surface area (Å²) >= 11 is 0. The molecule has 1 heterocycles. The molecule has 0 bridgehead atoms. The average molecular weight is 212 g/mol. The Morgan fingerprint density at radius 1 is 1.53 bits per heavy atom. The summed E-state index contributed by atoms with van der Waals surface area (Å²) in [6, 6.07) is 0.273. The summed E-state index contributed by atoms with van der Waals surface area (Å²) in [6.07, 6.45) is 3.07. The van der Waals surface area contributed by atoms with Gasteiger partial charge >= 0.3 is 0 Å². The molecule has 1 atom stereocenters. The lowest BCUT2D eigenvalue weighted by Gasteiger charge is -2.24. The maximum atomic E-state index is 11.8. The second-order valence-corrected chi connectivity index (χ2v) is 4.06. The summed E-state index contributed by atoms with van der Waals surface area (Å²) < 4.78 is 0. The van der Waals surface area contributed by atoms with E-state index < -0.39 is 0 Å². The van der Waals surface area contributed by atoms with Crippen LogP contribution < -0.4 is 10.6 Å². The first-order chi connectivity index (χ1) is 7.17. The Labute approximate surface area is 90.8 Å². The van der Waals surface area contributed by atoms with Crippen LogP contribution in [0.25, 0.3) is 0 Å². The summed E-state index contributed by atoms with van der Waals surface area (Å²) in [7, 11) is 0. The fourth-order valence-corrected chi connectivity index (χ4v) is 1.77. The van der Waals surface area contributed by atoms with Crippen molar-refractivity contribution < 1.29 is 9.59 Å². The van der Waals surface area contributed by atoms with E-state index in [1.807, 2.05) is 0 Å². The molecular formula is C11H20N2O2. The van der Waals surface area contributed by atoms with Gasteiger partial charge in [-0.05, 0) is 19.3 Å². The Bertz CT molecular complexity index is 227. The van der Waals surface area contributed by atoms with Crippen molar-refractivity contribution in [2.45, 2.75) is 45.6 Å². The molecule has 15 heavy (non-hydrogen) atoms. The normalized spacial score (nSPS) is 21.3. The summed E-state index contributed by atoms with van der Waals surface area (Å²) in [5, 5.41) is 5.73. The van der Waals surface area contributed by atoms with Crippen molar-refractivity contribution >= 4 is 11.8 Å². The van der Waals surface area contributed by atoms with Gasteiger partial charge in [0, 0.05) is 19.0 Å². The Hall–Kier alpha value is -1.06. The molecule has 0 aromatic rings. The summed E-state index contributed by atoms with van der Waals surface area (Å²) in [4.78, 5) is 22.7. The van der Waals surface area contributed by atoms with E-state index in [0.717, 1.165) is 12.8 Å². The predicted octanol–water partition coefficient (Wildman–Crippen LogP) is 0.817. The topological polar surface area (TPSA) is 58.2 Å². The van der Waals surface area contributed by atoms with Crippen molar-refractivity contribution in [2.75, 3.05) is 6.54 Å². The number of amides is 2. The average Bonchev–Trinajstić information content (AvgIpc) is 2.26. The van der Waals surface area contributed by atoms with Gasteiger partial charge in [-0.15, -0.1) is 0 Å². The largest absolute Gasteiger partial charge is 0.355 e.